The van der Waals surface area contributed by atoms with E-state index in [2.05, 4.69) is 21.8 Å². The van der Waals surface area contributed by atoms with E-state index < -0.39 is 11.6 Å². The molecule has 1 aliphatic carbocycles. The molecule has 6 heteroatoms. The Kier molecular flexibility index (Phi) is 2.28. The van der Waals surface area contributed by atoms with Crippen molar-refractivity contribution in [2.45, 2.75) is 18.4 Å². The molecule has 2 aromatic rings. The molecule has 0 unspecified atom stereocenters. The molecule has 1 fully saturated rings. The molecule has 4 rings (SSSR count). The van der Waals surface area contributed by atoms with E-state index in [1.54, 1.807) is 4.68 Å². The molecule has 1 aromatic carbocycles. The van der Waals surface area contributed by atoms with Gasteiger partial charge in [0, 0.05) is 18.8 Å². The van der Waals surface area contributed by atoms with Gasteiger partial charge in [0.15, 0.2) is 0 Å². The lowest BCUT2D eigenvalue weighted by molar-refractivity contribution is -0.124. The summed E-state index contributed by atoms with van der Waals surface area (Å²) in [5.41, 5.74) is 3.25. The van der Waals surface area contributed by atoms with Gasteiger partial charge in [0.25, 0.3) is 5.91 Å². The summed E-state index contributed by atoms with van der Waals surface area (Å²) in [6, 6.07) is 5.58. The highest BCUT2D eigenvalue weighted by Gasteiger charge is 2.51. The van der Waals surface area contributed by atoms with Crippen LogP contribution in [0.4, 0.5) is 4.79 Å². The van der Waals surface area contributed by atoms with Gasteiger partial charge in [-0.3, -0.25) is 14.8 Å². The fourth-order valence-corrected chi connectivity index (χ4v) is 3.28. The molecular weight excluding hydrogens is 268 g/mol. The normalized spacial score (nSPS) is 23.3. The molecule has 2 N–H and O–H groups in total. The van der Waals surface area contributed by atoms with Crippen LogP contribution in [0.25, 0.3) is 11.1 Å². The number of hydrogen-bond acceptors (Lipinski definition) is 3. The van der Waals surface area contributed by atoms with Crippen molar-refractivity contribution in [1.82, 2.24) is 20.4 Å². The molecule has 0 saturated carbocycles. The zero-order valence-electron chi connectivity index (χ0n) is 11.5. The Balaban J connectivity index is 1.79. The Bertz CT molecular complexity index is 780. The van der Waals surface area contributed by atoms with Crippen LogP contribution in [-0.4, -0.2) is 21.7 Å². The first-order valence-electron chi connectivity index (χ1n) is 6.84. The standard InChI is InChI=1S/C15H14N4O2/c1-19-8-11(7-16-19)9-2-3-12-10(6-9)4-5-15(12)13(20)17-14(21)18-15/h2-3,6-8H,4-5H2,1H3,(H2,17,18,20,21)/t15-/m0/s1. The molecule has 1 aromatic heterocycles. The van der Waals surface area contributed by atoms with Gasteiger partial charge < -0.3 is 5.32 Å². The summed E-state index contributed by atoms with van der Waals surface area (Å²) in [7, 11) is 1.88. The average Bonchev–Trinajstić information content (AvgIpc) is 3.11. The maximum atomic E-state index is 12.1. The number of benzene rings is 1. The van der Waals surface area contributed by atoms with Gasteiger partial charge >= 0.3 is 6.03 Å². The van der Waals surface area contributed by atoms with E-state index >= 15 is 0 Å². The Morgan fingerprint density at radius 3 is 2.81 bits per heavy atom. The van der Waals surface area contributed by atoms with Crippen LogP contribution in [0, 0.1) is 0 Å². The van der Waals surface area contributed by atoms with Crippen LogP contribution >= 0.6 is 0 Å². The molecule has 0 radical (unpaired) electrons. The van der Waals surface area contributed by atoms with Crippen molar-refractivity contribution < 1.29 is 9.59 Å². The first-order valence-corrected chi connectivity index (χ1v) is 6.84. The molecule has 0 bridgehead atoms. The number of nitrogens with one attached hydrogen (secondary N) is 2. The van der Waals surface area contributed by atoms with Crippen LogP contribution in [0.3, 0.4) is 0 Å². The van der Waals surface area contributed by atoms with E-state index in [-0.39, 0.29) is 5.91 Å². The third-order valence-corrected chi connectivity index (χ3v) is 4.31. The van der Waals surface area contributed by atoms with E-state index in [0.29, 0.717) is 6.42 Å². The Labute approximate surface area is 121 Å². The molecule has 1 aliphatic heterocycles. The van der Waals surface area contributed by atoms with E-state index in [0.717, 1.165) is 28.7 Å². The highest BCUT2D eigenvalue weighted by molar-refractivity contribution is 6.08. The van der Waals surface area contributed by atoms with Crippen LogP contribution in [0.2, 0.25) is 0 Å². The van der Waals surface area contributed by atoms with Crippen molar-refractivity contribution in [2.24, 2.45) is 7.05 Å². The number of carbonyl (C=O) groups is 2. The molecule has 3 amide bonds. The second-order valence-electron chi connectivity index (χ2n) is 5.59. The fourth-order valence-electron chi connectivity index (χ4n) is 3.28. The van der Waals surface area contributed by atoms with Crippen molar-refractivity contribution in [2.75, 3.05) is 0 Å². The van der Waals surface area contributed by atoms with Gasteiger partial charge in [0.1, 0.15) is 5.54 Å². The first-order chi connectivity index (χ1) is 10.1. The summed E-state index contributed by atoms with van der Waals surface area (Å²) in [6.45, 7) is 0. The van der Waals surface area contributed by atoms with Gasteiger partial charge in [-0.05, 0) is 29.5 Å². The summed E-state index contributed by atoms with van der Waals surface area (Å²) >= 11 is 0. The second kappa shape index (κ2) is 3.94. The number of nitrogens with zero attached hydrogens (tertiary/aromatic N) is 2. The number of urea groups is 1. The molecule has 2 aliphatic rings. The van der Waals surface area contributed by atoms with Gasteiger partial charge in [-0.1, -0.05) is 18.2 Å². The van der Waals surface area contributed by atoms with Crippen LogP contribution in [0.5, 0.6) is 0 Å². The lowest BCUT2D eigenvalue weighted by atomic mass is 9.91. The number of amides is 3. The van der Waals surface area contributed by atoms with Gasteiger partial charge in [-0.15, -0.1) is 0 Å². The second-order valence-corrected chi connectivity index (χ2v) is 5.59. The summed E-state index contributed by atoms with van der Waals surface area (Å²) in [6.07, 6.45) is 5.15. The molecule has 1 saturated heterocycles. The molecule has 2 heterocycles. The zero-order chi connectivity index (χ0) is 14.6. The van der Waals surface area contributed by atoms with Gasteiger partial charge in [-0.25, -0.2) is 4.79 Å². The Morgan fingerprint density at radius 2 is 2.14 bits per heavy atom. The Hall–Kier alpha value is -2.63. The smallest absolute Gasteiger partial charge is 0.319 e. The van der Waals surface area contributed by atoms with Gasteiger partial charge in [-0.2, -0.15) is 5.10 Å². The number of rotatable bonds is 1. The lowest BCUT2D eigenvalue weighted by Crippen LogP contribution is -2.41. The predicted octanol–water partition coefficient (Wildman–Crippen LogP) is 1.07. The number of hydrogen-bond donors (Lipinski definition) is 2. The Morgan fingerprint density at radius 1 is 1.29 bits per heavy atom. The number of imide groups is 1. The van der Waals surface area contributed by atoms with Crippen LogP contribution < -0.4 is 10.6 Å². The van der Waals surface area contributed by atoms with Gasteiger partial charge in [0.05, 0.1) is 6.20 Å². The van der Waals surface area contributed by atoms with Crippen molar-refractivity contribution in [3.05, 3.63) is 41.7 Å². The minimum atomic E-state index is -0.875. The summed E-state index contributed by atoms with van der Waals surface area (Å²) in [5, 5.41) is 9.30. The molecule has 6 nitrogen and oxygen atoms in total. The first kappa shape index (κ1) is 12.1. The van der Waals surface area contributed by atoms with Gasteiger partial charge in [0.2, 0.25) is 0 Å². The number of fused-ring (bicyclic) bond motifs is 2. The minimum Gasteiger partial charge on any atom is -0.319 e. The monoisotopic (exact) mass is 282 g/mol. The summed E-state index contributed by atoms with van der Waals surface area (Å²) in [4.78, 5) is 23.6. The maximum Gasteiger partial charge on any atom is 0.322 e. The highest BCUT2D eigenvalue weighted by Crippen LogP contribution is 2.40. The number of aryl methyl sites for hydroxylation is 2. The molecule has 1 spiro atoms. The average molecular weight is 282 g/mol. The zero-order valence-corrected chi connectivity index (χ0v) is 11.5. The summed E-state index contributed by atoms with van der Waals surface area (Å²) in [5.74, 6) is -0.250. The molecule has 106 valence electrons. The third-order valence-electron chi connectivity index (χ3n) is 4.31. The fraction of sp³-hybridized carbons (Fsp3) is 0.267. The van der Waals surface area contributed by atoms with Crippen LogP contribution in [-0.2, 0) is 23.8 Å². The predicted molar refractivity (Wildman–Crippen MR) is 75.3 cm³/mol. The largest absolute Gasteiger partial charge is 0.322 e. The number of carbonyl (C=O) groups excluding carboxylic acids is 2. The third kappa shape index (κ3) is 1.62. The maximum absolute atomic E-state index is 12.1. The quantitative estimate of drug-likeness (QED) is 0.768. The van der Waals surface area contributed by atoms with E-state index in [4.69, 9.17) is 0 Å². The lowest BCUT2D eigenvalue weighted by Gasteiger charge is -2.21. The van der Waals surface area contributed by atoms with E-state index in [1.165, 1.54) is 0 Å². The summed E-state index contributed by atoms with van der Waals surface area (Å²) < 4.78 is 1.76. The van der Waals surface area contributed by atoms with Crippen molar-refractivity contribution in [3.63, 3.8) is 0 Å². The number of aromatic nitrogens is 2. The van der Waals surface area contributed by atoms with Crippen molar-refractivity contribution in [1.29, 1.82) is 0 Å². The van der Waals surface area contributed by atoms with E-state index in [1.807, 2.05) is 31.6 Å². The minimum absolute atomic E-state index is 0.250. The molecular formula is C15H14N4O2. The van der Waals surface area contributed by atoms with Crippen LogP contribution in [0.15, 0.2) is 30.6 Å². The highest BCUT2D eigenvalue weighted by atomic mass is 16.2. The topological polar surface area (TPSA) is 76.0 Å². The van der Waals surface area contributed by atoms with Crippen molar-refractivity contribution >= 4 is 11.9 Å². The molecule has 1 atom stereocenters. The van der Waals surface area contributed by atoms with Crippen molar-refractivity contribution in [3.8, 4) is 11.1 Å². The van der Waals surface area contributed by atoms with Crippen LogP contribution in [0.1, 0.15) is 17.5 Å². The van der Waals surface area contributed by atoms with E-state index in [9.17, 15) is 9.59 Å². The molecule has 21 heavy (non-hydrogen) atoms. The SMILES string of the molecule is Cn1cc(-c2ccc3c(c2)CC[C@]32NC(=O)NC2=O)cn1.